The normalized spacial score (nSPS) is 23.0. The molecule has 1 aliphatic carbocycles. The van der Waals surface area contributed by atoms with E-state index in [9.17, 15) is 5.11 Å². The van der Waals surface area contributed by atoms with Crippen molar-refractivity contribution in [1.29, 1.82) is 0 Å². The second kappa shape index (κ2) is 5.76. The van der Waals surface area contributed by atoms with Crippen LogP contribution in [0.4, 0.5) is 5.82 Å². The molecule has 22 heavy (non-hydrogen) atoms. The summed E-state index contributed by atoms with van der Waals surface area (Å²) in [7, 11) is 0. The number of thiophene rings is 1. The third kappa shape index (κ3) is 2.39. The molecule has 1 aliphatic heterocycles. The molecule has 5 nitrogen and oxygen atoms in total. The molecule has 0 bridgehead atoms. The van der Waals surface area contributed by atoms with Crippen LogP contribution in [-0.4, -0.2) is 47.0 Å². The average molecular weight is 319 g/mol. The molecule has 6 heteroatoms. The Morgan fingerprint density at radius 2 is 2.36 bits per heavy atom. The van der Waals surface area contributed by atoms with Gasteiger partial charge in [0, 0.05) is 11.4 Å². The number of aryl methyl sites for hydroxylation is 2. The number of rotatable bonds is 3. The van der Waals surface area contributed by atoms with Crippen LogP contribution in [0, 0.1) is 0 Å². The van der Waals surface area contributed by atoms with E-state index < -0.39 is 0 Å². The maximum Gasteiger partial charge on any atom is 0.141 e. The van der Waals surface area contributed by atoms with Crippen molar-refractivity contribution < 1.29 is 9.84 Å². The van der Waals surface area contributed by atoms with Crippen LogP contribution < -0.4 is 4.90 Å². The number of aromatic nitrogens is 2. The number of anilines is 1. The van der Waals surface area contributed by atoms with Crippen LogP contribution in [0.2, 0.25) is 0 Å². The van der Waals surface area contributed by atoms with Gasteiger partial charge in [-0.1, -0.05) is 0 Å². The van der Waals surface area contributed by atoms with Crippen molar-refractivity contribution >= 4 is 27.4 Å². The Bertz CT molecular complexity index is 685. The van der Waals surface area contributed by atoms with Crippen LogP contribution in [0.5, 0.6) is 0 Å². The van der Waals surface area contributed by atoms with E-state index in [1.807, 2.05) is 18.3 Å². The molecule has 0 aromatic carbocycles. The van der Waals surface area contributed by atoms with Crippen LogP contribution in [0.3, 0.4) is 0 Å². The highest BCUT2D eigenvalue weighted by Gasteiger charge is 2.29. The van der Waals surface area contributed by atoms with Gasteiger partial charge in [-0.3, -0.25) is 0 Å². The van der Waals surface area contributed by atoms with Gasteiger partial charge in [-0.2, -0.15) is 0 Å². The highest BCUT2D eigenvalue weighted by Crippen LogP contribution is 2.40. The zero-order valence-corrected chi connectivity index (χ0v) is 13.6. The van der Waals surface area contributed by atoms with Gasteiger partial charge in [0.25, 0.3) is 0 Å². The Hall–Kier alpha value is -1.24. The summed E-state index contributed by atoms with van der Waals surface area (Å²) < 4.78 is 5.63. The number of nitrogens with zero attached hydrogens (tertiary/aromatic N) is 3. The summed E-state index contributed by atoms with van der Waals surface area (Å²) in [5, 5.41) is 11.0. The Morgan fingerprint density at radius 3 is 3.23 bits per heavy atom. The number of aliphatic hydroxyl groups is 1. The molecule has 2 unspecified atom stereocenters. The summed E-state index contributed by atoms with van der Waals surface area (Å²) in [5.74, 6) is 1.04. The molecular formula is C16H21N3O2S. The molecule has 1 N–H and O–H groups in total. The second-order valence-corrected chi connectivity index (χ2v) is 7.33. The van der Waals surface area contributed by atoms with Gasteiger partial charge in [-0.15, -0.1) is 11.3 Å². The van der Waals surface area contributed by atoms with E-state index in [0.717, 1.165) is 23.6 Å². The predicted octanol–water partition coefficient (Wildman–Crippen LogP) is 2.16. The smallest absolute Gasteiger partial charge is 0.141 e. The molecular weight excluding hydrogens is 298 g/mol. The maximum atomic E-state index is 9.78. The van der Waals surface area contributed by atoms with Crippen molar-refractivity contribution in [2.45, 2.75) is 44.8 Å². The van der Waals surface area contributed by atoms with E-state index in [1.165, 1.54) is 28.7 Å². The molecule has 0 amide bonds. The summed E-state index contributed by atoms with van der Waals surface area (Å²) in [6.45, 7) is 4.04. The van der Waals surface area contributed by atoms with Crippen molar-refractivity contribution in [2.75, 3.05) is 24.7 Å². The highest BCUT2D eigenvalue weighted by atomic mass is 32.1. The highest BCUT2D eigenvalue weighted by molar-refractivity contribution is 7.19. The fourth-order valence-corrected chi connectivity index (χ4v) is 4.88. The van der Waals surface area contributed by atoms with E-state index in [0.29, 0.717) is 19.6 Å². The van der Waals surface area contributed by atoms with Gasteiger partial charge in [0.2, 0.25) is 0 Å². The fraction of sp³-hybridized carbons (Fsp3) is 0.625. The minimum atomic E-state index is -0.334. The maximum absolute atomic E-state index is 9.78. The van der Waals surface area contributed by atoms with Crippen LogP contribution in [0.1, 0.15) is 30.2 Å². The van der Waals surface area contributed by atoms with E-state index >= 15 is 0 Å². The quantitative estimate of drug-likeness (QED) is 0.939. The zero-order chi connectivity index (χ0) is 15.1. The van der Waals surface area contributed by atoms with E-state index in [4.69, 9.17) is 4.74 Å². The lowest BCUT2D eigenvalue weighted by Crippen LogP contribution is -2.47. The molecule has 2 aliphatic rings. The first-order valence-electron chi connectivity index (χ1n) is 8.01. The van der Waals surface area contributed by atoms with E-state index in [2.05, 4.69) is 14.9 Å². The van der Waals surface area contributed by atoms with Crippen molar-refractivity contribution in [3.63, 3.8) is 0 Å². The number of aliphatic hydroxyl groups excluding tert-OH is 1. The van der Waals surface area contributed by atoms with Crippen LogP contribution in [0.15, 0.2) is 6.33 Å². The molecule has 3 heterocycles. The SMILES string of the molecule is CC(O)CC1COCCN1c1ncnc2sc3c(c12)CCC3. The lowest BCUT2D eigenvalue weighted by atomic mass is 10.1. The minimum Gasteiger partial charge on any atom is -0.393 e. The number of hydrogen-bond donors (Lipinski definition) is 1. The molecule has 1 fully saturated rings. The minimum absolute atomic E-state index is 0.184. The molecule has 2 aromatic heterocycles. The Kier molecular flexibility index (Phi) is 3.76. The van der Waals surface area contributed by atoms with Gasteiger partial charge in [-0.25, -0.2) is 9.97 Å². The Balaban J connectivity index is 1.78. The van der Waals surface area contributed by atoms with Gasteiger partial charge < -0.3 is 14.7 Å². The van der Waals surface area contributed by atoms with Crippen LogP contribution in [-0.2, 0) is 17.6 Å². The first-order chi connectivity index (χ1) is 10.7. The van der Waals surface area contributed by atoms with Gasteiger partial charge in [0.05, 0.1) is 30.7 Å². The molecule has 118 valence electrons. The summed E-state index contributed by atoms with van der Waals surface area (Å²) in [6.07, 6.45) is 5.61. The molecule has 2 atom stereocenters. The largest absolute Gasteiger partial charge is 0.393 e. The lowest BCUT2D eigenvalue weighted by molar-refractivity contribution is 0.0719. The van der Waals surface area contributed by atoms with E-state index in [1.54, 1.807) is 6.33 Å². The average Bonchev–Trinajstić information content (AvgIpc) is 3.07. The molecule has 0 saturated carbocycles. The Morgan fingerprint density at radius 1 is 1.45 bits per heavy atom. The van der Waals surface area contributed by atoms with Gasteiger partial charge in [0.1, 0.15) is 17.0 Å². The molecule has 4 rings (SSSR count). The van der Waals surface area contributed by atoms with Crippen LogP contribution in [0.25, 0.3) is 10.2 Å². The van der Waals surface area contributed by atoms with Crippen molar-refractivity contribution in [1.82, 2.24) is 9.97 Å². The van der Waals surface area contributed by atoms with Crippen molar-refractivity contribution in [3.8, 4) is 0 Å². The van der Waals surface area contributed by atoms with Crippen LogP contribution >= 0.6 is 11.3 Å². The molecule has 1 saturated heterocycles. The first-order valence-corrected chi connectivity index (χ1v) is 8.83. The van der Waals surface area contributed by atoms with Crippen molar-refractivity contribution in [3.05, 3.63) is 16.8 Å². The van der Waals surface area contributed by atoms with Gasteiger partial charge in [0.15, 0.2) is 0 Å². The topological polar surface area (TPSA) is 58.5 Å². The summed E-state index contributed by atoms with van der Waals surface area (Å²) >= 11 is 1.82. The number of hydrogen-bond acceptors (Lipinski definition) is 6. The number of fused-ring (bicyclic) bond motifs is 3. The fourth-order valence-electron chi connectivity index (χ4n) is 3.65. The zero-order valence-electron chi connectivity index (χ0n) is 12.8. The van der Waals surface area contributed by atoms with Gasteiger partial charge in [-0.05, 0) is 38.2 Å². The van der Waals surface area contributed by atoms with E-state index in [-0.39, 0.29) is 12.1 Å². The third-order valence-corrected chi connectivity index (χ3v) is 5.79. The monoisotopic (exact) mass is 319 g/mol. The summed E-state index contributed by atoms with van der Waals surface area (Å²) in [5.41, 5.74) is 1.46. The summed E-state index contributed by atoms with van der Waals surface area (Å²) in [4.78, 5) is 14.0. The third-order valence-electron chi connectivity index (χ3n) is 4.59. The predicted molar refractivity (Wildman–Crippen MR) is 87.7 cm³/mol. The second-order valence-electron chi connectivity index (χ2n) is 6.24. The Labute approximate surface area is 133 Å². The summed E-state index contributed by atoms with van der Waals surface area (Å²) in [6, 6.07) is 0.184. The number of morpholine rings is 1. The lowest BCUT2D eigenvalue weighted by Gasteiger charge is -2.37. The van der Waals surface area contributed by atoms with Gasteiger partial charge >= 0.3 is 0 Å². The molecule has 2 aromatic rings. The van der Waals surface area contributed by atoms with Crippen molar-refractivity contribution in [2.24, 2.45) is 0 Å². The number of ether oxygens (including phenoxy) is 1. The standard InChI is InChI=1S/C16H21N3O2S/c1-10(20)7-11-8-21-6-5-19(11)15-14-12-3-2-4-13(12)22-16(14)18-9-17-15/h9-11,20H,2-8H2,1H3. The molecule has 0 radical (unpaired) electrons. The first kappa shape index (κ1) is 14.4. The molecule has 0 spiro atoms.